The Bertz CT molecular complexity index is 277. The fourth-order valence-corrected chi connectivity index (χ4v) is 3.10. The number of amides is 1. The molecule has 1 saturated heterocycles. The molecule has 0 spiro atoms. The molecule has 1 aliphatic heterocycles. The lowest BCUT2D eigenvalue weighted by atomic mass is 9.95. The van der Waals surface area contributed by atoms with Gasteiger partial charge in [-0.05, 0) is 38.6 Å². The van der Waals surface area contributed by atoms with Crippen molar-refractivity contribution in [3.05, 3.63) is 0 Å². The predicted molar refractivity (Wildman–Crippen MR) is 71.2 cm³/mol. The van der Waals surface area contributed by atoms with Gasteiger partial charge in [-0.3, -0.25) is 9.69 Å². The molecule has 18 heavy (non-hydrogen) atoms. The lowest BCUT2D eigenvalue weighted by Gasteiger charge is -2.28. The van der Waals surface area contributed by atoms with Crippen molar-refractivity contribution in [3.63, 3.8) is 0 Å². The fourth-order valence-electron chi connectivity index (χ4n) is 3.10. The van der Waals surface area contributed by atoms with E-state index in [1.807, 2.05) is 6.92 Å². The van der Waals surface area contributed by atoms with Crippen molar-refractivity contribution < 1.29 is 9.90 Å². The molecule has 0 radical (unpaired) electrons. The lowest BCUT2D eigenvalue weighted by molar-refractivity contribution is -0.126. The first-order valence-corrected chi connectivity index (χ1v) is 7.36. The second-order valence-electron chi connectivity index (χ2n) is 5.85. The lowest BCUT2D eigenvalue weighted by Crippen LogP contribution is -2.48. The molecule has 2 rings (SSSR count). The molecule has 4 nitrogen and oxygen atoms in total. The topological polar surface area (TPSA) is 52.6 Å². The number of likely N-dealkylation sites (tertiary alicyclic amines) is 1. The minimum Gasteiger partial charge on any atom is -0.396 e. The first kappa shape index (κ1) is 13.8. The van der Waals surface area contributed by atoms with Crippen LogP contribution in [0.2, 0.25) is 0 Å². The summed E-state index contributed by atoms with van der Waals surface area (Å²) in [4.78, 5) is 14.4. The van der Waals surface area contributed by atoms with Crippen LogP contribution in [-0.2, 0) is 4.79 Å². The van der Waals surface area contributed by atoms with Gasteiger partial charge in [0.15, 0.2) is 0 Å². The van der Waals surface area contributed by atoms with E-state index in [0.717, 1.165) is 32.4 Å². The number of carbonyl (C=O) groups excluding carboxylic acids is 1. The van der Waals surface area contributed by atoms with Gasteiger partial charge in [0.25, 0.3) is 0 Å². The number of hydrogen-bond donors (Lipinski definition) is 2. The minimum absolute atomic E-state index is 0.0523. The first-order valence-electron chi connectivity index (χ1n) is 7.36. The molecule has 2 aliphatic rings. The maximum atomic E-state index is 12.2. The third-order valence-electron chi connectivity index (χ3n) is 4.45. The molecule has 2 atom stereocenters. The summed E-state index contributed by atoms with van der Waals surface area (Å²) in [5, 5.41) is 12.3. The van der Waals surface area contributed by atoms with Crippen molar-refractivity contribution in [2.45, 2.75) is 57.5 Å². The quantitative estimate of drug-likeness (QED) is 0.791. The summed E-state index contributed by atoms with van der Waals surface area (Å²) in [6.07, 6.45) is 7.09. The zero-order valence-electron chi connectivity index (χ0n) is 11.4. The van der Waals surface area contributed by atoms with Crippen LogP contribution in [-0.4, -0.2) is 47.7 Å². The summed E-state index contributed by atoms with van der Waals surface area (Å²) in [5.74, 6) is 0.524. The smallest absolute Gasteiger partial charge is 0.237 e. The molecule has 4 heteroatoms. The molecular formula is C14H26N2O2. The van der Waals surface area contributed by atoms with E-state index in [0.29, 0.717) is 12.0 Å². The second kappa shape index (κ2) is 6.53. The molecule has 2 fully saturated rings. The SMILES string of the molecule is CC(C(=O)NC1CCCCC1)N1CCC(CO)C1. The highest BCUT2D eigenvalue weighted by Crippen LogP contribution is 2.20. The summed E-state index contributed by atoms with van der Waals surface area (Å²) >= 11 is 0. The van der Waals surface area contributed by atoms with Gasteiger partial charge in [0, 0.05) is 19.2 Å². The molecule has 1 aliphatic carbocycles. The van der Waals surface area contributed by atoms with Gasteiger partial charge in [-0.1, -0.05) is 19.3 Å². The standard InChI is InChI=1S/C14H26N2O2/c1-11(16-8-7-12(9-16)10-17)14(18)15-13-5-3-2-4-6-13/h11-13,17H,2-10H2,1H3,(H,15,18). The Labute approximate surface area is 110 Å². The highest BCUT2D eigenvalue weighted by Gasteiger charge is 2.30. The molecule has 104 valence electrons. The Morgan fingerprint density at radius 2 is 2.06 bits per heavy atom. The van der Waals surface area contributed by atoms with E-state index in [2.05, 4.69) is 10.2 Å². The largest absolute Gasteiger partial charge is 0.396 e. The maximum Gasteiger partial charge on any atom is 0.237 e. The number of aliphatic hydroxyl groups excluding tert-OH is 1. The average Bonchev–Trinajstić information content (AvgIpc) is 2.87. The molecule has 2 unspecified atom stereocenters. The van der Waals surface area contributed by atoms with Crippen molar-refractivity contribution in [2.75, 3.05) is 19.7 Å². The third-order valence-corrected chi connectivity index (χ3v) is 4.45. The fraction of sp³-hybridized carbons (Fsp3) is 0.929. The van der Waals surface area contributed by atoms with E-state index in [1.165, 1.54) is 19.3 Å². The van der Waals surface area contributed by atoms with Crippen LogP contribution < -0.4 is 5.32 Å². The van der Waals surface area contributed by atoms with Crippen LogP contribution in [0, 0.1) is 5.92 Å². The molecular weight excluding hydrogens is 228 g/mol. The van der Waals surface area contributed by atoms with Crippen molar-refractivity contribution in [1.29, 1.82) is 0 Å². The maximum absolute atomic E-state index is 12.2. The van der Waals surface area contributed by atoms with E-state index in [1.54, 1.807) is 0 Å². The molecule has 1 heterocycles. The summed E-state index contributed by atoms with van der Waals surface area (Å²) in [6, 6.07) is 0.341. The van der Waals surface area contributed by atoms with Gasteiger partial charge in [-0.2, -0.15) is 0 Å². The number of rotatable bonds is 4. The summed E-state index contributed by atoms with van der Waals surface area (Å²) < 4.78 is 0. The normalized spacial score (nSPS) is 28.2. The van der Waals surface area contributed by atoms with Gasteiger partial charge in [-0.15, -0.1) is 0 Å². The summed E-state index contributed by atoms with van der Waals surface area (Å²) in [7, 11) is 0. The Kier molecular flexibility index (Phi) is 5.01. The Hall–Kier alpha value is -0.610. The monoisotopic (exact) mass is 254 g/mol. The van der Waals surface area contributed by atoms with Crippen LogP contribution >= 0.6 is 0 Å². The van der Waals surface area contributed by atoms with Crippen molar-refractivity contribution in [2.24, 2.45) is 5.92 Å². The number of aliphatic hydroxyl groups is 1. The number of hydrogen-bond acceptors (Lipinski definition) is 3. The number of carbonyl (C=O) groups is 1. The second-order valence-corrected chi connectivity index (χ2v) is 5.85. The number of nitrogens with zero attached hydrogens (tertiary/aromatic N) is 1. The molecule has 2 N–H and O–H groups in total. The molecule has 1 amide bonds. The van der Waals surface area contributed by atoms with E-state index in [-0.39, 0.29) is 18.6 Å². The molecule has 0 aromatic carbocycles. The van der Waals surface area contributed by atoms with Crippen molar-refractivity contribution in [1.82, 2.24) is 10.2 Å². The van der Waals surface area contributed by atoms with E-state index in [9.17, 15) is 4.79 Å². The van der Waals surface area contributed by atoms with Crippen LogP contribution in [0.1, 0.15) is 45.4 Å². The van der Waals surface area contributed by atoms with Crippen molar-refractivity contribution >= 4 is 5.91 Å². The Morgan fingerprint density at radius 1 is 1.33 bits per heavy atom. The minimum atomic E-state index is -0.0523. The zero-order chi connectivity index (χ0) is 13.0. The van der Waals surface area contributed by atoms with E-state index < -0.39 is 0 Å². The van der Waals surface area contributed by atoms with Gasteiger partial charge in [-0.25, -0.2) is 0 Å². The van der Waals surface area contributed by atoms with Crippen molar-refractivity contribution in [3.8, 4) is 0 Å². The average molecular weight is 254 g/mol. The predicted octanol–water partition coefficient (Wildman–Crippen LogP) is 1.14. The summed E-state index contributed by atoms with van der Waals surface area (Å²) in [5.41, 5.74) is 0. The van der Waals surface area contributed by atoms with E-state index in [4.69, 9.17) is 5.11 Å². The van der Waals surface area contributed by atoms with Crippen LogP contribution in [0.4, 0.5) is 0 Å². The van der Waals surface area contributed by atoms with Crippen LogP contribution in [0.5, 0.6) is 0 Å². The highest BCUT2D eigenvalue weighted by molar-refractivity contribution is 5.81. The van der Waals surface area contributed by atoms with E-state index >= 15 is 0 Å². The van der Waals surface area contributed by atoms with Gasteiger partial charge in [0.05, 0.1) is 6.04 Å². The number of nitrogens with one attached hydrogen (secondary N) is 1. The molecule has 0 aromatic rings. The highest BCUT2D eigenvalue weighted by atomic mass is 16.3. The van der Waals surface area contributed by atoms with Gasteiger partial charge in [0.1, 0.15) is 0 Å². The summed E-state index contributed by atoms with van der Waals surface area (Å²) in [6.45, 7) is 4.02. The zero-order valence-corrected chi connectivity index (χ0v) is 11.4. The van der Waals surface area contributed by atoms with Gasteiger partial charge in [0.2, 0.25) is 5.91 Å². The Balaban J connectivity index is 1.77. The third kappa shape index (κ3) is 3.45. The molecule has 0 bridgehead atoms. The van der Waals surface area contributed by atoms with Gasteiger partial charge < -0.3 is 10.4 Å². The van der Waals surface area contributed by atoms with Crippen LogP contribution in [0.25, 0.3) is 0 Å². The van der Waals surface area contributed by atoms with Crippen LogP contribution in [0.3, 0.4) is 0 Å². The first-order chi connectivity index (χ1) is 8.70. The van der Waals surface area contributed by atoms with Gasteiger partial charge >= 0.3 is 0 Å². The molecule has 1 saturated carbocycles. The molecule has 0 aromatic heterocycles. The Morgan fingerprint density at radius 3 is 2.67 bits per heavy atom. The van der Waals surface area contributed by atoms with Crippen LogP contribution in [0.15, 0.2) is 0 Å².